The number of nitrogens with zero attached hydrogens (tertiary/aromatic N) is 13. The van der Waals surface area contributed by atoms with E-state index in [1.807, 2.05) is 168 Å². The molecule has 0 saturated heterocycles. The molecule has 27 rings (SSSR count). The first-order chi connectivity index (χ1) is 61.6. The van der Waals surface area contributed by atoms with Crippen LogP contribution in [0.2, 0.25) is 0 Å². The molecule has 16 heteroatoms. The van der Waals surface area contributed by atoms with Gasteiger partial charge in [-0.15, -0.1) is 34.0 Å². The number of hydrogen-bond acceptors (Lipinski definition) is 13. The third kappa shape index (κ3) is 11.3. The number of hydrogen-bond donors (Lipinski definition) is 0. The van der Waals surface area contributed by atoms with Crippen molar-refractivity contribution in [2.75, 3.05) is 0 Å². The standard InChI is InChI=1S/C37H22N4S.C36H21N5S.C35H20N4S/c1-3-11-23(12-4-1)29-21-32(40-37(39-29)24-13-5-2-6-14-24)41-30-19-20-38-22-28(30)33-25-15-7-8-16-26(25)34-27-17-9-10-18-31(27)42-36(34)35(33)41;1-3-11-22(12-4-1)34-38-35(23-13-5-2-6-14-23)40-36(39-34)41-28-19-20-37-21-27(28)30-24-15-7-8-16-25(24)31-26-17-9-10-18-29(26)42-33(31)32(30)41;1-2-10-21(11-3-1)32-24-14-6-8-16-27(24)37-35(38-32)39-28-18-19-36-20-26(28)30-22-12-4-5-13-23(22)31-25-15-7-9-17-29(25)40-34(31)33(30)39/h1-22H;1-21H;1-20H. The molecule has 0 amide bonds. The number of thiophene rings is 3. The summed E-state index contributed by atoms with van der Waals surface area (Å²) in [6.07, 6.45) is 11.5. The molecule has 0 bridgehead atoms. The van der Waals surface area contributed by atoms with Crippen molar-refractivity contribution in [2.24, 2.45) is 0 Å². The molecule has 0 aliphatic carbocycles. The molecule has 0 aliphatic rings. The van der Waals surface area contributed by atoms with Gasteiger partial charge in [-0.05, 0) is 74.8 Å². The van der Waals surface area contributed by atoms with Gasteiger partial charge in [0, 0.05) is 155 Å². The van der Waals surface area contributed by atoms with Crippen molar-refractivity contribution < 1.29 is 0 Å². The minimum atomic E-state index is 0.586. The van der Waals surface area contributed by atoms with Crippen molar-refractivity contribution in [3.63, 3.8) is 0 Å². The molecule has 0 spiro atoms. The maximum atomic E-state index is 5.29. The second kappa shape index (κ2) is 28.9. The second-order valence-corrected chi connectivity index (χ2v) is 34.0. The molecule has 124 heavy (non-hydrogen) atoms. The Bertz CT molecular complexity index is 8550. The lowest BCUT2D eigenvalue weighted by molar-refractivity contribution is 0.955. The topological polar surface area (TPSA) is 144 Å². The van der Waals surface area contributed by atoms with Crippen LogP contribution in [0.3, 0.4) is 0 Å². The molecule has 0 radical (unpaired) electrons. The number of pyridine rings is 3. The van der Waals surface area contributed by atoms with E-state index in [1.165, 1.54) is 104 Å². The van der Waals surface area contributed by atoms with Crippen molar-refractivity contribution in [3.05, 3.63) is 383 Å². The van der Waals surface area contributed by atoms with Gasteiger partial charge < -0.3 is 0 Å². The smallest absolute Gasteiger partial charge is 0.238 e. The van der Waals surface area contributed by atoms with E-state index in [1.54, 1.807) is 0 Å². The van der Waals surface area contributed by atoms with Crippen molar-refractivity contribution in [3.8, 4) is 74.4 Å². The summed E-state index contributed by atoms with van der Waals surface area (Å²) in [7, 11) is 0. The number of para-hydroxylation sites is 1. The molecule has 0 aliphatic heterocycles. The third-order valence-electron chi connectivity index (χ3n) is 23.9. The molecule has 12 heterocycles. The van der Waals surface area contributed by atoms with Crippen molar-refractivity contribution in [2.45, 2.75) is 0 Å². The van der Waals surface area contributed by atoms with E-state index in [2.05, 4.69) is 277 Å². The van der Waals surface area contributed by atoms with Gasteiger partial charge in [0.2, 0.25) is 11.9 Å². The molecular formula is C108H63N13S3. The molecular weight excluding hydrogens is 1580 g/mol. The summed E-state index contributed by atoms with van der Waals surface area (Å²) in [6, 6.07) is 120. The van der Waals surface area contributed by atoms with E-state index >= 15 is 0 Å². The van der Waals surface area contributed by atoms with Crippen LogP contribution in [0.25, 0.3) is 244 Å². The van der Waals surface area contributed by atoms with Gasteiger partial charge in [0.15, 0.2) is 17.5 Å². The minimum absolute atomic E-state index is 0.586. The predicted molar refractivity (Wildman–Crippen MR) is 516 cm³/mol. The van der Waals surface area contributed by atoms with Crippen LogP contribution in [0, 0.1) is 0 Å². The number of fused-ring (bicyclic) bond motifs is 31. The molecule has 0 fully saturated rings. The van der Waals surface area contributed by atoms with Gasteiger partial charge in [-0.1, -0.05) is 297 Å². The van der Waals surface area contributed by atoms with Gasteiger partial charge in [0.1, 0.15) is 5.82 Å². The highest BCUT2D eigenvalue weighted by atomic mass is 32.1. The van der Waals surface area contributed by atoms with Gasteiger partial charge >= 0.3 is 0 Å². The van der Waals surface area contributed by atoms with Crippen LogP contribution < -0.4 is 0 Å². The van der Waals surface area contributed by atoms with Crippen LogP contribution in [0.4, 0.5) is 0 Å². The monoisotopic (exact) mass is 1640 g/mol. The Morgan fingerprint density at radius 3 is 0.944 bits per heavy atom. The predicted octanol–water partition coefficient (Wildman–Crippen LogP) is 28.4. The molecule has 0 saturated carbocycles. The molecule has 0 unspecified atom stereocenters. The first kappa shape index (κ1) is 71.0. The fourth-order valence-electron chi connectivity index (χ4n) is 18.6. The summed E-state index contributed by atoms with van der Waals surface area (Å²) in [5.41, 5.74) is 14.3. The summed E-state index contributed by atoms with van der Waals surface area (Å²) in [5.74, 6) is 4.06. The van der Waals surface area contributed by atoms with E-state index in [4.69, 9.17) is 34.9 Å². The molecule has 0 atom stereocenters. The molecule has 27 aromatic rings. The van der Waals surface area contributed by atoms with E-state index < -0.39 is 0 Å². The van der Waals surface area contributed by atoms with Crippen LogP contribution in [0.1, 0.15) is 0 Å². The zero-order valence-electron chi connectivity index (χ0n) is 65.9. The average Bonchev–Trinajstić information content (AvgIpc) is 1.55. The van der Waals surface area contributed by atoms with Crippen LogP contribution >= 0.6 is 34.0 Å². The summed E-state index contributed by atoms with van der Waals surface area (Å²) in [5, 5.41) is 22.9. The molecule has 15 aromatic carbocycles. The fourth-order valence-corrected chi connectivity index (χ4v) is 22.4. The zero-order valence-corrected chi connectivity index (χ0v) is 68.4. The summed E-state index contributed by atoms with van der Waals surface area (Å²) in [4.78, 5) is 49.7. The van der Waals surface area contributed by atoms with Crippen LogP contribution in [0.5, 0.6) is 0 Å². The maximum absolute atomic E-state index is 5.29. The van der Waals surface area contributed by atoms with E-state index in [0.717, 1.165) is 111 Å². The van der Waals surface area contributed by atoms with Crippen molar-refractivity contribution >= 4 is 203 Å². The average molecular weight is 1640 g/mol. The molecule has 12 aromatic heterocycles. The Balaban J connectivity index is 0.000000102. The van der Waals surface area contributed by atoms with Crippen LogP contribution in [-0.4, -0.2) is 63.5 Å². The highest BCUT2D eigenvalue weighted by Gasteiger charge is 2.29. The van der Waals surface area contributed by atoms with Gasteiger partial charge in [0.25, 0.3) is 0 Å². The lowest BCUT2D eigenvalue weighted by atomic mass is 9.99. The summed E-state index contributed by atoms with van der Waals surface area (Å²) >= 11 is 5.50. The van der Waals surface area contributed by atoms with E-state index in [9.17, 15) is 0 Å². The van der Waals surface area contributed by atoms with Crippen LogP contribution in [-0.2, 0) is 0 Å². The van der Waals surface area contributed by atoms with Crippen molar-refractivity contribution in [1.29, 1.82) is 0 Å². The highest BCUT2D eigenvalue weighted by Crippen LogP contribution is 2.52. The lowest BCUT2D eigenvalue weighted by Crippen LogP contribution is -2.06. The zero-order chi connectivity index (χ0) is 81.5. The van der Waals surface area contributed by atoms with Crippen molar-refractivity contribution in [1.82, 2.24) is 63.5 Å². The quantitative estimate of drug-likeness (QED) is 0.144. The Morgan fingerprint density at radius 2 is 0.532 bits per heavy atom. The lowest BCUT2D eigenvalue weighted by Gasteiger charge is -2.13. The number of rotatable bonds is 8. The normalized spacial score (nSPS) is 11.9. The number of benzene rings is 15. The minimum Gasteiger partial charge on any atom is -0.292 e. The van der Waals surface area contributed by atoms with E-state index in [-0.39, 0.29) is 0 Å². The Hall–Kier alpha value is -16.0. The SMILES string of the molecule is c1ccc(-c2cc(-n3c4ccncc4c4c5ccccc5c5c6ccccc6sc5c43)nc(-c3ccccc3)n2)cc1.c1ccc(-c2nc(-c3ccccc3)nc(-n3c4ccncc4c4c5ccccc5c5c6ccccc6sc5c43)n2)cc1.c1ccc(-c2nc(-n3c4ccncc4c4c5ccccc5c5c6ccccc6sc5c43)nc3ccccc23)cc1. The molecule has 0 N–H and O–H groups in total. The largest absolute Gasteiger partial charge is 0.292 e. The first-order valence-corrected chi connectivity index (χ1v) is 43.5. The number of aromatic nitrogens is 13. The van der Waals surface area contributed by atoms with Gasteiger partial charge in [-0.2, -0.15) is 9.97 Å². The fraction of sp³-hybridized carbons (Fsp3) is 0. The third-order valence-corrected chi connectivity index (χ3v) is 27.4. The molecule has 578 valence electrons. The summed E-state index contributed by atoms with van der Waals surface area (Å²) < 4.78 is 14.3. The van der Waals surface area contributed by atoms with Gasteiger partial charge in [-0.25, -0.2) is 24.9 Å². The second-order valence-electron chi connectivity index (χ2n) is 30.8. The Kier molecular flexibility index (Phi) is 16.5. The van der Waals surface area contributed by atoms with Gasteiger partial charge in [-0.3, -0.25) is 28.7 Å². The summed E-state index contributed by atoms with van der Waals surface area (Å²) in [6.45, 7) is 0. The Morgan fingerprint density at radius 1 is 0.218 bits per heavy atom. The molecule has 13 nitrogen and oxygen atoms in total. The van der Waals surface area contributed by atoms with Crippen LogP contribution in [0.15, 0.2) is 383 Å². The van der Waals surface area contributed by atoms with Gasteiger partial charge in [0.05, 0.1) is 64.1 Å². The first-order valence-electron chi connectivity index (χ1n) is 41.1. The maximum Gasteiger partial charge on any atom is 0.238 e. The highest BCUT2D eigenvalue weighted by molar-refractivity contribution is 7.28. The Labute approximate surface area is 718 Å². The van der Waals surface area contributed by atoms with E-state index in [0.29, 0.717) is 29.4 Å².